The van der Waals surface area contributed by atoms with Gasteiger partial charge in [0.25, 0.3) is 0 Å². The van der Waals surface area contributed by atoms with E-state index in [1.165, 1.54) is 0 Å². The Morgan fingerprint density at radius 2 is 1.73 bits per heavy atom. The van der Waals surface area contributed by atoms with Gasteiger partial charge in [-0.2, -0.15) is 18.2 Å². The number of nitrogens with one attached hydrogen (secondary N) is 1. The zero-order valence-electron chi connectivity index (χ0n) is 28.0. The lowest BCUT2D eigenvalue weighted by Gasteiger charge is -2.46. The van der Waals surface area contributed by atoms with Crippen LogP contribution in [0.5, 0.6) is 11.5 Å². The number of aryl methyl sites for hydroxylation is 1. The predicted octanol–water partition coefficient (Wildman–Crippen LogP) is 3.75. The third-order valence-corrected chi connectivity index (χ3v) is 8.42. The lowest BCUT2D eigenvalue weighted by atomic mass is 9.96. The summed E-state index contributed by atoms with van der Waals surface area (Å²) in [4.78, 5) is 41.9. The zero-order chi connectivity index (χ0) is 37.3. The number of carbonyl (C=O) groups excluding carboxylic acids is 3. The molecule has 1 unspecified atom stereocenters. The number of likely N-dealkylation sites (tertiary alicyclic amines) is 1. The highest BCUT2D eigenvalue weighted by molar-refractivity contribution is 5.94. The van der Waals surface area contributed by atoms with E-state index in [0.29, 0.717) is 47.8 Å². The van der Waals surface area contributed by atoms with Crippen molar-refractivity contribution in [2.24, 2.45) is 5.73 Å². The molecule has 16 heteroatoms. The topological polar surface area (TPSA) is 195 Å². The fraction of sp³-hybridized carbons (Fsp3) is 0.343. The first-order chi connectivity index (χ1) is 24.1. The van der Waals surface area contributed by atoms with E-state index in [-0.39, 0.29) is 24.0 Å². The summed E-state index contributed by atoms with van der Waals surface area (Å²) in [5.74, 6) is -2.28. The number of carboxylic acid groups (broad SMARTS) is 1. The summed E-state index contributed by atoms with van der Waals surface area (Å²) in [6, 6.07) is 19.3. The van der Waals surface area contributed by atoms with Crippen LogP contribution in [0.1, 0.15) is 36.8 Å². The van der Waals surface area contributed by atoms with Crippen molar-refractivity contribution in [3.63, 3.8) is 0 Å². The summed E-state index contributed by atoms with van der Waals surface area (Å²) in [6.07, 6.45) is -2.81. The number of aromatic hydroxyl groups is 2. The molecular formula is C35H39F3N6O7. The number of aromatic nitrogens is 2. The molecule has 1 aromatic heterocycles. The third-order valence-electron chi connectivity index (χ3n) is 8.42. The SMILES string of the molecule is CCc1nc(-c2ccc(NC(=O)N([C@@H]3CCC[N+](C)(Cc4cccc(O)c4)C3)[C@@H](Cc3ccc(O)cc3)C(N)=O)cc2)no1.O=C([O-])C(F)(F)F. The molecule has 0 aliphatic carbocycles. The average molecular weight is 713 g/mol. The number of alkyl halides is 3. The number of benzene rings is 3. The van der Waals surface area contributed by atoms with Crippen molar-refractivity contribution in [3.8, 4) is 22.9 Å². The molecule has 3 aromatic carbocycles. The molecule has 5 rings (SSSR count). The number of nitrogens with two attached hydrogens (primary N) is 1. The van der Waals surface area contributed by atoms with E-state index in [9.17, 15) is 33.0 Å². The number of piperidine rings is 1. The number of aliphatic carboxylic acids is 1. The van der Waals surface area contributed by atoms with Gasteiger partial charge in [-0.3, -0.25) is 4.79 Å². The Morgan fingerprint density at radius 1 is 1.06 bits per heavy atom. The van der Waals surface area contributed by atoms with E-state index in [4.69, 9.17) is 20.2 Å². The van der Waals surface area contributed by atoms with Gasteiger partial charge in [0.15, 0.2) is 0 Å². The maximum absolute atomic E-state index is 14.1. The van der Waals surface area contributed by atoms with Gasteiger partial charge in [-0.05, 0) is 66.9 Å². The normalized spacial score (nSPS) is 17.8. The van der Waals surface area contributed by atoms with Gasteiger partial charge in [0.1, 0.15) is 30.1 Å². The van der Waals surface area contributed by atoms with Crippen LogP contribution in [-0.2, 0) is 29.0 Å². The van der Waals surface area contributed by atoms with Crippen LogP contribution in [0.3, 0.4) is 0 Å². The van der Waals surface area contributed by atoms with Gasteiger partial charge in [0, 0.05) is 29.7 Å². The Labute approximate surface area is 291 Å². The van der Waals surface area contributed by atoms with Crippen LogP contribution < -0.4 is 16.2 Å². The summed E-state index contributed by atoms with van der Waals surface area (Å²) >= 11 is 0. The number of nitrogens with zero attached hydrogens (tertiary/aromatic N) is 4. The minimum atomic E-state index is -5.19. The van der Waals surface area contributed by atoms with E-state index >= 15 is 0 Å². The van der Waals surface area contributed by atoms with Crippen LogP contribution in [0.15, 0.2) is 77.3 Å². The van der Waals surface area contributed by atoms with Crippen LogP contribution in [0.4, 0.5) is 23.7 Å². The molecule has 0 radical (unpaired) electrons. The Hall–Kier alpha value is -5.64. The van der Waals surface area contributed by atoms with Crippen LogP contribution in [0.2, 0.25) is 0 Å². The first kappa shape index (κ1) is 38.2. The van der Waals surface area contributed by atoms with Crippen LogP contribution in [0, 0.1) is 0 Å². The van der Waals surface area contributed by atoms with Gasteiger partial charge in [-0.25, -0.2) is 4.79 Å². The summed E-state index contributed by atoms with van der Waals surface area (Å²) in [6.45, 7) is 4.08. The van der Waals surface area contributed by atoms with Gasteiger partial charge in [-0.1, -0.05) is 36.3 Å². The molecule has 3 atom stereocenters. The largest absolute Gasteiger partial charge is 0.542 e. The third kappa shape index (κ3) is 10.7. The molecule has 1 saturated heterocycles. The van der Waals surface area contributed by atoms with E-state index in [1.807, 2.05) is 19.1 Å². The van der Waals surface area contributed by atoms with Gasteiger partial charge >= 0.3 is 12.2 Å². The lowest BCUT2D eigenvalue weighted by Crippen LogP contribution is -2.62. The second kappa shape index (κ2) is 16.4. The maximum Gasteiger partial charge on any atom is 0.430 e. The number of anilines is 1. The number of quaternary nitrogens is 1. The number of carboxylic acids is 1. The van der Waals surface area contributed by atoms with Crippen molar-refractivity contribution in [2.45, 2.75) is 57.4 Å². The number of likely N-dealkylation sites (N-methyl/N-ethyl adjacent to an activating group) is 1. The number of phenolic OH excluding ortho intramolecular Hbond substituents is 2. The highest BCUT2D eigenvalue weighted by atomic mass is 19.4. The molecule has 5 N–H and O–H groups in total. The molecule has 4 aromatic rings. The second-order valence-corrected chi connectivity index (χ2v) is 12.5. The standard InChI is InChI=1S/C33H38N6O5.C2HF3O2/c1-3-30-36-32(37-44-30)24-11-13-25(14-12-24)35-33(43)38(29(31(34)42)19-22-9-15-27(40)16-10-22)26-7-5-17-39(2,21-26)20-23-6-4-8-28(41)18-23;3-2(4,5)1(6)7/h4,6,8-16,18,26,29H,3,5,7,17,19-21H2,1-2H3,(H4-,34,35,37,40,41,42,43);(H,6,7)/t26-,29+,39?;/m1./s1. The molecule has 0 bridgehead atoms. The van der Waals surface area contributed by atoms with E-state index in [2.05, 4.69) is 22.5 Å². The summed E-state index contributed by atoms with van der Waals surface area (Å²) in [7, 11) is 2.13. The quantitative estimate of drug-likeness (QED) is 0.177. The number of phenols is 2. The molecule has 51 heavy (non-hydrogen) atoms. The Balaban J connectivity index is 0.000000755. The monoisotopic (exact) mass is 712 g/mol. The molecule has 0 saturated carbocycles. The lowest BCUT2D eigenvalue weighted by molar-refractivity contribution is -0.928. The smallest absolute Gasteiger partial charge is 0.430 e. The number of amides is 3. The van der Waals surface area contributed by atoms with Crippen molar-refractivity contribution in [2.75, 3.05) is 25.5 Å². The number of primary amides is 1. The Bertz CT molecular complexity index is 1800. The number of carbonyl (C=O) groups is 3. The van der Waals surface area contributed by atoms with Crippen molar-refractivity contribution >= 4 is 23.6 Å². The molecule has 0 spiro atoms. The van der Waals surface area contributed by atoms with Gasteiger partial charge in [0.05, 0.1) is 26.2 Å². The maximum atomic E-state index is 14.1. The molecule has 1 aliphatic rings. The number of hydrogen-bond acceptors (Lipinski definition) is 9. The van der Waals surface area contributed by atoms with E-state index in [1.54, 1.807) is 65.6 Å². The zero-order valence-corrected chi connectivity index (χ0v) is 28.0. The minimum absolute atomic E-state index is 0.112. The summed E-state index contributed by atoms with van der Waals surface area (Å²) in [5.41, 5.74) is 9.05. The molecule has 1 fully saturated rings. The first-order valence-electron chi connectivity index (χ1n) is 16.1. The second-order valence-electron chi connectivity index (χ2n) is 12.5. The Kier molecular flexibility index (Phi) is 12.3. The van der Waals surface area contributed by atoms with Gasteiger partial charge in [-0.15, -0.1) is 0 Å². The van der Waals surface area contributed by atoms with E-state index in [0.717, 1.165) is 29.7 Å². The number of rotatable bonds is 10. The van der Waals surface area contributed by atoms with Crippen molar-refractivity contribution in [3.05, 3.63) is 89.8 Å². The summed E-state index contributed by atoms with van der Waals surface area (Å²) in [5, 5.41) is 35.6. The molecule has 13 nitrogen and oxygen atoms in total. The van der Waals surface area contributed by atoms with Gasteiger partial charge in [0.2, 0.25) is 17.6 Å². The molecular weight excluding hydrogens is 673 g/mol. The number of hydrogen-bond donors (Lipinski definition) is 4. The van der Waals surface area contributed by atoms with Crippen LogP contribution in [-0.4, -0.2) is 86.0 Å². The number of halogens is 3. The van der Waals surface area contributed by atoms with Crippen LogP contribution >= 0.6 is 0 Å². The van der Waals surface area contributed by atoms with Gasteiger partial charge < -0.3 is 45.1 Å². The van der Waals surface area contributed by atoms with Crippen LogP contribution in [0.25, 0.3) is 11.4 Å². The summed E-state index contributed by atoms with van der Waals surface area (Å²) < 4.78 is 37.4. The molecule has 2 heterocycles. The van der Waals surface area contributed by atoms with Crippen molar-refractivity contribution in [1.82, 2.24) is 15.0 Å². The fourth-order valence-corrected chi connectivity index (χ4v) is 6.03. The van der Waals surface area contributed by atoms with E-state index < -0.39 is 30.1 Å². The first-order valence-corrected chi connectivity index (χ1v) is 16.1. The predicted molar refractivity (Wildman–Crippen MR) is 177 cm³/mol. The highest BCUT2D eigenvalue weighted by Gasteiger charge is 2.41. The minimum Gasteiger partial charge on any atom is -0.542 e. The van der Waals surface area contributed by atoms with Crippen molar-refractivity contribution < 1.29 is 51.9 Å². The van der Waals surface area contributed by atoms with Crippen molar-refractivity contribution in [1.29, 1.82) is 0 Å². The molecule has 1 aliphatic heterocycles. The Morgan fingerprint density at radius 3 is 2.29 bits per heavy atom. The fourth-order valence-electron chi connectivity index (χ4n) is 6.03. The highest BCUT2D eigenvalue weighted by Crippen LogP contribution is 2.28. The number of urea groups is 1. The molecule has 272 valence electrons. The average Bonchev–Trinajstić information content (AvgIpc) is 3.55. The molecule has 3 amide bonds.